The fraction of sp³-hybridized carbons (Fsp3) is 0.951. The zero-order valence-electron chi connectivity index (χ0n) is 32.5. The van der Waals surface area contributed by atoms with Crippen LogP contribution >= 0.6 is 0 Å². The first kappa shape index (κ1) is 47.8. The van der Waals surface area contributed by atoms with Crippen LogP contribution in [0.25, 0.3) is 0 Å². The molecule has 0 heterocycles. The lowest BCUT2D eigenvalue weighted by molar-refractivity contribution is -0.150. The van der Waals surface area contributed by atoms with Gasteiger partial charge < -0.3 is 24.8 Å². The molecule has 0 aliphatic rings. The van der Waals surface area contributed by atoms with Gasteiger partial charge in [0.15, 0.2) is 0 Å². The third kappa shape index (κ3) is 33.7. The van der Waals surface area contributed by atoms with Crippen molar-refractivity contribution in [1.82, 2.24) is 4.90 Å². The van der Waals surface area contributed by atoms with Crippen LogP contribution in [0.4, 0.5) is 0 Å². The largest absolute Gasteiger partial charge is 0.466 e. The summed E-state index contributed by atoms with van der Waals surface area (Å²) in [4.78, 5) is 26.7. The van der Waals surface area contributed by atoms with Gasteiger partial charge in [-0.15, -0.1) is 0 Å². The SMILES string of the molecule is CCCCCCCCC(CCCCCCCC)OC(=O)CCCCCC(O)CN(CCCO)CC(O)CCCC(=O)OCCCCCCC. The van der Waals surface area contributed by atoms with Crippen LogP contribution in [0.3, 0.4) is 0 Å². The highest BCUT2D eigenvalue weighted by Gasteiger charge is 2.17. The molecule has 2 unspecified atom stereocenters. The van der Waals surface area contributed by atoms with Crippen molar-refractivity contribution in [3.8, 4) is 0 Å². The number of unbranched alkanes of at least 4 members (excludes halogenated alkanes) is 16. The number of hydrogen-bond donors (Lipinski definition) is 3. The smallest absolute Gasteiger partial charge is 0.306 e. The lowest BCUT2D eigenvalue weighted by Gasteiger charge is -2.27. The number of ether oxygens (including phenoxy) is 2. The minimum atomic E-state index is -0.607. The van der Waals surface area contributed by atoms with E-state index >= 15 is 0 Å². The number of esters is 2. The number of rotatable bonds is 38. The van der Waals surface area contributed by atoms with Crippen LogP contribution < -0.4 is 0 Å². The second kappa shape index (κ2) is 36.6. The van der Waals surface area contributed by atoms with Crippen molar-refractivity contribution >= 4 is 11.9 Å². The summed E-state index contributed by atoms with van der Waals surface area (Å²) in [5.41, 5.74) is 0. The van der Waals surface area contributed by atoms with E-state index in [1.54, 1.807) is 0 Å². The Morgan fingerprint density at radius 2 is 0.980 bits per heavy atom. The number of carbonyl (C=O) groups is 2. The molecule has 292 valence electrons. The van der Waals surface area contributed by atoms with Gasteiger partial charge in [-0.05, 0) is 64.2 Å². The van der Waals surface area contributed by atoms with Gasteiger partial charge in [0.25, 0.3) is 0 Å². The number of nitrogens with zero attached hydrogens (tertiary/aromatic N) is 1. The van der Waals surface area contributed by atoms with Crippen molar-refractivity contribution in [1.29, 1.82) is 0 Å². The summed E-state index contributed by atoms with van der Waals surface area (Å²) in [6.45, 7) is 8.60. The number of aliphatic hydroxyl groups is 3. The molecule has 2 atom stereocenters. The Hall–Kier alpha value is -1.22. The van der Waals surface area contributed by atoms with E-state index in [0.29, 0.717) is 64.8 Å². The van der Waals surface area contributed by atoms with Gasteiger partial charge in [0.2, 0.25) is 0 Å². The molecule has 0 bridgehead atoms. The monoisotopic (exact) mass is 700 g/mol. The van der Waals surface area contributed by atoms with E-state index < -0.39 is 12.2 Å². The van der Waals surface area contributed by atoms with E-state index in [2.05, 4.69) is 20.8 Å². The summed E-state index contributed by atoms with van der Waals surface area (Å²) in [5, 5.41) is 30.7. The lowest BCUT2D eigenvalue weighted by Crippen LogP contribution is -2.39. The number of carbonyl (C=O) groups excluding carboxylic acids is 2. The topological polar surface area (TPSA) is 117 Å². The molecule has 0 saturated carbocycles. The molecule has 0 aliphatic carbocycles. The molecular formula is C41H81NO7. The summed E-state index contributed by atoms with van der Waals surface area (Å²) in [6.07, 6.45) is 26.9. The van der Waals surface area contributed by atoms with Gasteiger partial charge >= 0.3 is 11.9 Å². The minimum absolute atomic E-state index is 0.0471. The minimum Gasteiger partial charge on any atom is -0.466 e. The van der Waals surface area contributed by atoms with Crippen molar-refractivity contribution in [2.75, 3.05) is 32.8 Å². The van der Waals surface area contributed by atoms with Gasteiger partial charge in [-0.2, -0.15) is 0 Å². The number of hydrogen-bond acceptors (Lipinski definition) is 8. The molecular weight excluding hydrogens is 618 g/mol. The zero-order chi connectivity index (χ0) is 36.2. The standard InChI is InChI=1S/C41H81NO7/c1-4-7-10-13-15-20-28-39(29-21-16-14-11-8-5-2)49-41(47)30-22-18-19-26-37(44)35-42(32-25-33-43)36-38(45)27-24-31-40(46)48-34-23-17-12-9-6-3/h37-39,43-45H,4-36H2,1-3H3. The maximum atomic E-state index is 12.7. The Balaban J connectivity index is 4.35. The van der Waals surface area contributed by atoms with Crippen LogP contribution in [0.1, 0.15) is 201 Å². The Morgan fingerprint density at radius 1 is 0.531 bits per heavy atom. The molecule has 3 N–H and O–H groups in total. The second-order valence-corrected chi connectivity index (χ2v) is 14.5. The molecule has 8 nitrogen and oxygen atoms in total. The van der Waals surface area contributed by atoms with Gasteiger partial charge in [0.05, 0.1) is 18.8 Å². The normalized spacial score (nSPS) is 12.9. The summed E-state index contributed by atoms with van der Waals surface area (Å²) in [5.74, 6) is -0.285. The van der Waals surface area contributed by atoms with E-state index in [0.717, 1.165) is 57.8 Å². The lowest BCUT2D eigenvalue weighted by atomic mass is 10.0. The van der Waals surface area contributed by atoms with Crippen molar-refractivity contribution < 1.29 is 34.4 Å². The van der Waals surface area contributed by atoms with Crippen molar-refractivity contribution in [2.24, 2.45) is 0 Å². The predicted molar refractivity (Wildman–Crippen MR) is 203 cm³/mol. The molecule has 49 heavy (non-hydrogen) atoms. The summed E-state index contributed by atoms with van der Waals surface area (Å²) in [6, 6.07) is 0. The molecule has 0 fully saturated rings. The van der Waals surface area contributed by atoms with Gasteiger partial charge in [-0.3, -0.25) is 14.5 Å². The Bertz CT molecular complexity index is 706. The van der Waals surface area contributed by atoms with Crippen LogP contribution in [-0.2, 0) is 19.1 Å². The Labute approximate surface area is 302 Å². The van der Waals surface area contributed by atoms with Crippen molar-refractivity contribution in [3.63, 3.8) is 0 Å². The van der Waals surface area contributed by atoms with Gasteiger partial charge in [-0.25, -0.2) is 0 Å². The molecule has 0 aromatic carbocycles. The Morgan fingerprint density at radius 3 is 1.53 bits per heavy atom. The molecule has 0 radical (unpaired) electrons. The maximum Gasteiger partial charge on any atom is 0.306 e. The first-order valence-electron chi connectivity index (χ1n) is 20.9. The predicted octanol–water partition coefficient (Wildman–Crippen LogP) is 9.44. The summed E-state index contributed by atoms with van der Waals surface area (Å²) >= 11 is 0. The first-order valence-corrected chi connectivity index (χ1v) is 20.9. The van der Waals surface area contributed by atoms with Gasteiger partial charge in [-0.1, -0.05) is 124 Å². The van der Waals surface area contributed by atoms with Crippen molar-refractivity contribution in [2.45, 2.75) is 219 Å². The van der Waals surface area contributed by atoms with E-state index in [4.69, 9.17) is 9.47 Å². The van der Waals surface area contributed by atoms with Crippen LogP contribution in [0.15, 0.2) is 0 Å². The first-order chi connectivity index (χ1) is 23.9. The van der Waals surface area contributed by atoms with E-state index in [1.165, 1.54) is 83.5 Å². The molecule has 0 saturated heterocycles. The van der Waals surface area contributed by atoms with Crippen LogP contribution in [0, 0.1) is 0 Å². The molecule has 0 aromatic heterocycles. The average Bonchev–Trinajstić information content (AvgIpc) is 3.07. The average molecular weight is 700 g/mol. The third-order valence-corrected chi connectivity index (χ3v) is 9.48. The van der Waals surface area contributed by atoms with E-state index in [-0.39, 0.29) is 24.6 Å². The highest BCUT2D eigenvalue weighted by atomic mass is 16.5. The zero-order valence-corrected chi connectivity index (χ0v) is 32.5. The Kier molecular flexibility index (Phi) is 35.7. The highest BCUT2D eigenvalue weighted by Crippen LogP contribution is 2.18. The fourth-order valence-corrected chi connectivity index (χ4v) is 6.41. The second-order valence-electron chi connectivity index (χ2n) is 14.5. The van der Waals surface area contributed by atoms with E-state index in [9.17, 15) is 24.9 Å². The maximum absolute atomic E-state index is 12.7. The summed E-state index contributed by atoms with van der Waals surface area (Å²) < 4.78 is 11.3. The molecule has 8 heteroatoms. The van der Waals surface area contributed by atoms with Crippen LogP contribution in [0.2, 0.25) is 0 Å². The van der Waals surface area contributed by atoms with Gasteiger partial charge in [0.1, 0.15) is 6.10 Å². The third-order valence-electron chi connectivity index (χ3n) is 9.48. The molecule has 0 amide bonds. The molecule has 0 rings (SSSR count). The fourth-order valence-electron chi connectivity index (χ4n) is 6.41. The molecule has 0 aromatic rings. The highest BCUT2D eigenvalue weighted by molar-refractivity contribution is 5.69. The quantitative estimate of drug-likeness (QED) is 0.0431. The van der Waals surface area contributed by atoms with Crippen LogP contribution in [-0.4, -0.2) is 83.3 Å². The van der Waals surface area contributed by atoms with E-state index in [1.807, 2.05) is 4.90 Å². The summed E-state index contributed by atoms with van der Waals surface area (Å²) in [7, 11) is 0. The van der Waals surface area contributed by atoms with Crippen molar-refractivity contribution in [3.05, 3.63) is 0 Å². The van der Waals surface area contributed by atoms with Crippen LogP contribution in [0.5, 0.6) is 0 Å². The molecule has 0 spiro atoms. The molecule has 0 aliphatic heterocycles. The van der Waals surface area contributed by atoms with Gasteiger partial charge in [0, 0.05) is 39.1 Å². The number of aliphatic hydroxyl groups excluding tert-OH is 3.